The van der Waals surface area contributed by atoms with E-state index >= 15 is 0 Å². The van der Waals surface area contributed by atoms with Crippen molar-refractivity contribution in [2.75, 3.05) is 19.1 Å². The van der Waals surface area contributed by atoms with Crippen molar-refractivity contribution < 1.29 is 28.6 Å². The lowest BCUT2D eigenvalue weighted by atomic mass is 9.64. The second kappa shape index (κ2) is 10.4. The molecular weight excluding hydrogens is 642 g/mol. The summed E-state index contributed by atoms with van der Waals surface area (Å²) in [6, 6.07) is 15.0. The number of amides is 2. The van der Waals surface area contributed by atoms with Crippen LogP contribution in [0.1, 0.15) is 23.9 Å². The lowest BCUT2D eigenvalue weighted by Gasteiger charge is -2.49. The third-order valence-electron chi connectivity index (χ3n) is 9.01. The SMILES string of the molecule is COc1cc(C2C3=CCn4c(=O)n(-c5ccccc5)c(=O)n4C3CC3(Cl)C(=O)N(c4ccc(F)cc4)C(=O)C23Cl)cc(OC)c1O. The predicted octanol–water partition coefficient (Wildman–Crippen LogP) is 3.86. The molecule has 14 heteroatoms. The highest BCUT2D eigenvalue weighted by Gasteiger charge is 2.75. The van der Waals surface area contributed by atoms with Crippen LogP contribution in [0.3, 0.4) is 0 Å². The third-order valence-corrected chi connectivity index (χ3v) is 10.4. The van der Waals surface area contributed by atoms with E-state index in [2.05, 4.69) is 0 Å². The topological polar surface area (TPSA) is 125 Å². The fraction of sp³-hybridized carbons (Fsp3) is 0.250. The minimum Gasteiger partial charge on any atom is -0.502 e. The number of rotatable bonds is 5. The third kappa shape index (κ3) is 3.83. The maximum absolute atomic E-state index is 14.5. The summed E-state index contributed by atoms with van der Waals surface area (Å²) in [7, 11) is 2.66. The Bertz CT molecular complexity index is 2070. The molecular formula is C32H25Cl2FN4O7. The monoisotopic (exact) mass is 666 g/mol. The number of carbonyl (C=O) groups excluding carboxylic acids is 2. The Hall–Kier alpha value is -4.81. The molecule has 3 aromatic carbocycles. The number of hydrogen-bond acceptors (Lipinski definition) is 7. The molecule has 4 atom stereocenters. The number of carbonyl (C=O) groups is 2. The molecule has 1 N–H and O–H groups in total. The normalized spacial score (nSPS) is 25.1. The number of anilines is 1. The van der Waals surface area contributed by atoms with Crippen molar-refractivity contribution in [3.8, 4) is 22.9 Å². The van der Waals surface area contributed by atoms with Gasteiger partial charge in [-0.1, -0.05) is 24.3 Å². The Kier molecular flexibility index (Phi) is 6.73. The highest BCUT2D eigenvalue weighted by molar-refractivity contribution is 6.58. The molecule has 4 unspecified atom stereocenters. The molecule has 3 heterocycles. The highest BCUT2D eigenvalue weighted by atomic mass is 35.5. The molecule has 1 saturated carbocycles. The summed E-state index contributed by atoms with van der Waals surface area (Å²) in [4.78, 5) is 52.9. The van der Waals surface area contributed by atoms with Crippen LogP contribution in [0.2, 0.25) is 0 Å². The number of methoxy groups -OCH3 is 2. The van der Waals surface area contributed by atoms with Gasteiger partial charge in [-0.2, -0.15) is 0 Å². The van der Waals surface area contributed by atoms with Crippen molar-refractivity contribution in [3.63, 3.8) is 0 Å². The van der Waals surface area contributed by atoms with Crippen LogP contribution in [0.5, 0.6) is 17.2 Å². The van der Waals surface area contributed by atoms with E-state index < -0.39 is 50.7 Å². The van der Waals surface area contributed by atoms with Gasteiger partial charge in [0.25, 0.3) is 11.8 Å². The van der Waals surface area contributed by atoms with Crippen LogP contribution in [0.15, 0.2) is 88.0 Å². The van der Waals surface area contributed by atoms with E-state index in [1.807, 2.05) is 0 Å². The number of imide groups is 1. The molecule has 3 aliphatic rings. The van der Waals surface area contributed by atoms with Gasteiger partial charge < -0.3 is 14.6 Å². The summed E-state index contributed by atoms with van der Waals surface area (Å²) in [5.74, 6) is -3.86. The van der Waals surface area contributed by atoms with E-state index in [1.54, 1.807) is 36.4 Å². The number of para-hydroxylation sites is 1. The summed E-state index contributed by atoms with van der Waals surface area (Å²) in [6.45, 7) is -0.0609. The molecule has 236 valence electrons. The van der Waals surface area contributed by atoms with Gasteiger partial charge in [0.2, 0.25) is 5.75 Å². The Morgan fingerprint density at radius 2 is 1.50 bits per heavy atom. The lowest BCUT2D eigenvalue weighted by molar-refractivity contribution is -0.122. The number of allylic oxidation sites excluding steroid dienone is 2. The molecule has 1 saturated heterocycles. The molecule has 11 nitrogen and oxygen atoms in total. The maximum Gasteiger partial charge on any atom is 0.352 e. The van der Waals surface area contributed by atoms with E-state index in [1.165, 1.54) is 47.8 Å². The highest BCUT2D eigenvalue weighted by Crippen LogP contribution is 2.64. The first-order chi connectivity index (χ1) is 22.0. The Balaban J connectivity index is 1.50. The van der Waals surface area contributed by atoms with Gasteiger partial charge in [0.1, 0.15) is 5.82 Å². The molecule has 2 fully saturated rings. The first-order valence-corrected chi connectivity index (χ1v) is 14.9. The van der Waals surface area contributed by atoms with Crippen molar-refractivity contribution in [2.24, 2.45) is 0 Å². The van der Waals surface area contributed by atoms with E-state index in [0.717, 1.165) is 21.6 Å². The second-order valence-electron chi connectivity index (χ2n) is 11.2. The number of aromatic nitrogens is 3. The van der Waals surface area contributed by atoms with Gasteiger partial charge in [-0.15, -0.1) is 23.2 Å². The number of aromatic hydroxyl groups is 1. The van der Waals surface area contributed by atoms with Gasteiger partial charge in [-0.3, -0.25) is 9.59 Å². The largest absolute Gasteiger partial charge is 0.502 e. The molecule has 0 spiro atoms. The molecule has 2 amide bonds. The molecule has 4 aromatic rings. The van der Waals surface area contributed by atoms with Gasteiger partial charge in [0.05, 0.1) is 38.2 Å². The van der Waals surface area contributed by atoms with Crippen LogP contribution < -0.4 is 25.8 Å². The molecule has 46 heavy (non-hydrogen) atoms. The van der Waals surface area contributed by atoms with Gasteiger partial charge >= 0.3 is 11.4 Å². The lowest BCUT2D eigenvalue weighted by Crippen LogP contribution is -2.59. The number of phenols is 1. The first-order valence-electron chi connectivity index (χ1n) is 14.1. The number of fused-ring (bicyclic) bond motifs is 4. The fourth-order valence-electron chi connectivity index (χ4n) is 6.91. The molecule has 2 aliphatic heterocycles. The number of hydrogen-bond donors (Lipinski definition) is 1. The quantitative estimate of drug-likeness (QED) is 0.195. The zero-order valence-corrected chi connectivity index (χ0v) is 25.8. The zero-order valence-electron chi connectivity index (χ0n) is 24.3. The van der Waals surface area contributed by atoms with Crippen LogP contribution in [0.25, 0.3) is 5.69 Å². The average molecular weight is 667 g/mol. The zero-order chi connectivity index (χ0) is 32.7. The second-order valence-corrected chi connectivity index (χ2v) is 12.5. The summed E-state index contributed by atoms with van der Waals surface area (Å²) in [5, 5.41) is 10.7. The smallest absolute Gasteiger partial charge is 0.352 e. The molecule has 1 aliphatic carbocycles. The molecule has 1 aromatic heterocycles. The van der Waals surface area contributed by atoms with Crippen molar-refractivity contribution in [1.29, 1.82) is 0 Å². The van der Waals surface area contributed by atoms with E-state index in [-0.39, 0.29) is 41.5 Å². The summed E-state index contributed by atoms with van der Waals surface area (Å²) in [5.41, 5.74) is -0.168. The average Bonchev–Trinajstić information content (AvgIpc) is 3.40. The minimum absolute atomic E-state index is 0.00945. The van der Waals surface area contributed by atoms with Gasteiger partial charge in [-0.05, 0) is 59.7 Å². The summed E-state index contributed by atoms with van der Waals surface area (Å²) in [6.07, 6.45) is 1.35. The first kappa shape index (κ1) is 29.9. The Labute approximate surface area is 270 Å². The van der Waals surface area contributed by atoms with Crippen LogP contribution in [-0.4, -0.2) is 54.8 Å². The fourth-order valence-corrected chi connectivity index (χ4v) is 7.83. The van der Waals surface area contributed by atoms with Crippen LogP contribution in [-0.2, 0) is 16.1 Å². The molecule has 7 rings (SSSR count). The summed E-state index contributed by atoms with van der Waals surface area (Å²) < 4.78 is 28.1. The van der Waals surface area contributed by atoms with Crippen molar-refractivity contribution in [3.05, 3.63) is 111 Å². The number of nitrogens with zero attached hydrogens (tertiary/aromatic N) is 4. The van der Waals surface area contributed by atoms with Crippen LogP contribution in [0.4, 0.5) is 10.1 Å². The van der Waals surface area contributed by atoms with E-state index in [9.17, 15) is 28.7 Å². The van der Waals surface area contributed by atoms with Crippen LogP contribution in [0, 0.1) is 5.82 Å². The Morgan fingerprint density at radius 1 is 0.870 bits per heavy atom. The van der Waals surface area contributed by atoms with E-state index in [0.29, 0.717) is 11.3 Å². The van der Waals surface area contributed by atoms with Gasteiger partial charge in [-0.25, -0.2) is 32.8 Å². The van der Waals surface area contributed by atoms with Crippen molar-refractivity contribution >= 4 is 40.7 Å². The number of phenolic OH excluding ortho intramolecular Hbond substituents is 1. The van der Waals surface area contributed by atoms with Gasteiger partial charge in [0, 0.05) is 12.3 Å². The summed E-state index contributed by atoms with van der Waals surface area (Å²) >= 11 is 14.7. The van der Waals surface area contributed by atoms with Gasteiger partial charge in [0.15, 0.2) is 21.2 Å². The number of ether oxygens (including phenoxy) is 2. The number of benzene rings is 3. The van der Waals surface area contributed by atoms with Crippen LogP contribution >= 0.6 is 23.2 Å². The minimum atomic E-state index is -2.19. The number of alkyl halides is 2. The van der Waals surface area contributed by atoms with Crippen molar-refractivity contribution in [1.82, 2.24) is 13.9 Å². The van der Waals surface area contributed by atoms with E-state index in [4.69, 9.17) is 32.7 Å². The molecule has 0 bridgehead atoms. The maximum atomic E-state index is 14.5. The van der Waals surface area contributed by atoms with Crippen molar-refractivity contribution in [2.45, 2.75) is 34.7 Å². The Morgan fingerprint density at radius 3 is 2.11 bits per heavy atom. The number of halogens is 3. The standard InChI is InChI=1S/C32H25Cl2FN4O7/c1-45-23-14-17(15-24(46-2)26(23)40)25-21-12-13-36-29(43)38(19-6-4-3-5-7-19)30(44)39(36)22(21)16-31(33)27(41)37(28(42)32(25,31)34)20-10-8-18(35)9-11-20/h3-12,14-15,22,25,40H,13,16H2,1-2H3. The predicted molar refractivity (Wildman–Crippen MR) is 166 cm³/mol. The molecule has 0 radical (unpaired) electrons.